The van der Waals surface area contributed by atoms with E-state index in [0.717, 1.165) is 88.6 Å². The summed E-state index contributed by atoms with van der Waals surface area (Å²) in [4.78, 5) is 2.40. The smallest absolute Gasteiger partial charge is 0.143 e. The zero-order chi connectivity index (χ0) is 42.5. The third-order valence-corrected chi connectivity index (χ3v) is 13.7. The van der Waals surface area contributed by atoms with Gasteiger partial charge < -0.3 is 13.7 Å². The monoisotopic (exact) mass is 819 g/mol. The molecule has 0 radical (unpaired) electrons. The Hall–Kier alpha value is -8.14. The number of para-hydroxylation sites is 2. The first-order chi connectivity index (χ1) is 31.5. The first kappa shape index (κ1) is 36.5. The van der Waals surface area contributed by atoms with Gasteiger partial charge in [0.25, 0.3) is 0 Å². The van der Waals surface area contributed by atoms with E-state index >= 15 is 0 Å². The van der Waals surface area contributed by atoms with Crippen LogP contribution in [0.25, 0.3) is 99.2 Å². The van der Waals surface area contributed by atoms with Crippen LogP contribution in [0.3, 0.4) is 0 Å². The highest BCUT2D eigenvalue weighted by Gasteiger charge is 2.37. The first-order valence-electron chi connectivity index (χ1n) is 22.1. The molecule has 0 atom stereocenters. The molecular weight excluding hydrogens is 779 g/mol. The molecule has 13 rings (SSSR count). The summed E-state index contributed by atoms with van der Waals surface area (Å²) in [6.45, 7) is 4.72. The highest BCUT2D eigenvalue weighted by atomic mass is 16.3. The lowest BCUT2D eigenvalue weighted by atomic mass is 9.79. The van der Waals surface area contributed by atoms with Gasteiger partial charge in [-0.15, -0.1) is 0 Å². The van der Waals surface area contributed by atoms with E-state index in [2.05, 4.69) is 219 Å². The Morgan fingerprint density at radius 3 is 1.77 bits per heavy atom. The van der Waals surface area contributed by atoms with Crippen LogP contribution in [0.4, 0.5) is 17.1 Å². The summed E-state index contributed by atoms with van der Waals surface area (Å²) in [6.07, 6.45) is 0. The van der Waals surface area contributed by atoms with Crippen molar-refractivity contribution in [3.05, 3.63) is 223 Å². The van der Waals surface area contributed by atoms with Crippen LogP contribution in [0.2, 0.25) is 0 Å². The number of furan rings is 2. The van der Waals surface area contributed by atoms with E-state index in [9.17, 15) is 0 Å². The Labute approximate surface area is 371 Å². The van der Waals surface area contributed by atoms with Crippen molar-refractivity contribution in [2.75, 3.05) is 4.90 Å². The Kier molecular flexibility index (Phi) is 7.95. The van der Waals surface area contributed by atoms with Crippen molar-refractivity contribution in [2.24, 2.45) is 0 Å². The van der Waals surface area contributed by atoms with E-state index in [0.29, 0.717) is 0 Å². The normalized spacial score (nSPS) is 13.0. The molecule has 1 aliphatic rings. The number of hydrogen-bond acceptors (Lipinski definition) is 3. The number of benzene rings is 10. The molecule has 0 spiro atoms. The van der Waals surface area contributed by atoms with E-state index in [1.54, 1.807) is 0 Å². The summed E-state index contributed by atoms with van der Waals surface area (Å²) in [7, 11) is 0. The molecule has 0 saturated heterocycles. The van der Waals surface area contributed by atoms with Gasteiger partial charge in [0, 0.05) is 49.3 Å². The minimum Gasteiger partial charge on any atom is -0.456 e. The maximum Gasteiger partial charge on any atom is 0.143 e. The van der Waals surface area contributed by atoms with Crippen LogP contribution in [0.5, 0.6) is 0 Å². The van der Waals surface area contributed by atoms with Gasteiger partial charge in [0.2, 0.25) is 0 Å². The van der Waals surface area contributed by atoms with Gasteiger partial charge in [0.15, 0.2) is 0 Å². The van der Waals surface area contributed by atoms with E-state index in [1.165, 1.54) is 38.8 Å². The summed E-state index contributed by atoms with van der Waals surface area (Å²) < 4.78 is 12.7. The lowest BCUT2D eigenvalue weighted by molar-refractivity contribution is 0.662. The summed E-state index contributed by atoms with van der Waals surface area (Å²) in [5, 5.41) is 6.79. The van der Waals surface area contributed by atoms with Gasteiger partial charge in [-0.05, 0) is 122 Å². The second-order valence-electron chi connectivity index (χ2n) is 17.6. The molecule has 0 N–H and O–H groups in total. The largest absolute Gasteiger partial charge is 0.456 e. The molecule has 0 amide bonds. The number of hydrogen-bond donors (Lipinski definition) is 0. The fourth-order valence-corrected chi connectivity index (χ4v) is 10.6. The molecule has 3 heteroatoms. The van der Waals surface area contributed by atoms with E-state index < -0.39 is 0 Å². The van der Waals surface area contributed by atoms with E-state index in [1.807, 2.05) is 12.1 Å². The van der Waals surface area contributed by atoms with Crippen molar-refractivity contribution in [1.29, 1.82) is 0 Å². The lowest BCUT2D eigenvalue weighted by Gasteiger charge is -2.28. The first-order valence-corrected chi connectivity index (χ1v) is 22.1. The lowest BCUT2D eigenvalue weighted by Crippen LogP contribution is -2.16. The van der Waals surface area contributed by atoms with Crippen LogP contribution < -0.4 is 4.90 Å². The van der Waals surface area contributed by atoms with Crippen LogP contribution in [0, 0.1) is 0 Å². The highest BCUT2D eigenvalue weighted by Crippen LogP contribution is 2.52. The van der Waals surface area contributed by atoms with Crippen molar-refractivity contribution in [2.45, 2.75) is 19.3 Å². The fourth-order valence-electron chi connectivity index (χ4n) is 10.6. The minimum absolute atomic E-state index is 0.113. The van der Waals surface area contributed by atoms with E-state index in [4.69, 9.17) is 8.83 Å². The summed E-state index contributed by atoms with van der Waals surface area (Å²) in [5.41, 5.74) is 19.2. The molecule has 12 aromatic rings. The Bertz CT molecular complexity index is 3810. The molecule has 0 unspecified atom stereocenters. The van der Waals surface area contributed by atoms with Crippen molar-refractivity contribution in [1.82, 2.24) is 0 Å². The molecule has 1 aliphatic carbocycles. The van der Waals surface area contributed by atoms with Gasteiger partial charge in [-0.2, -0.15) is 0 Å². The average Bonchev–Trinajstić information content (AvgIpc) is 3.99. The number of fused-ring (bicyclic) bond motifs is 11. The Balaban J connectivity index is 0.946. The fraction of sp³-hybridized carbons (Fsp3) is 0.0492. The quantitative estimate of drug-likeness (QED) is 0.167. The Morgan fingerprint density at radius 2 is 0.938 bits per heavy atom. The van der Waals surface area contributed by atoms with Crippen LogP contribution in [0.1, 0.15) is 25.0 Å². The Morgan fingerprint density at radius 1 is 0.359 bits per heavy atom. The van der Waals surface area contributed by atoms with Crippen LogP contribution in [0.15, 0.2) is 221 Å². The van der Waals surface area contributed by atoms with Gasteiger partial charge in [-0.1, -0.05) is 159 Å². The summed E-state index contributed by atoms with van der Waals surface area (Å²) >= 11 is 0. The average molecular weight is 820 g/mol. The predicted molar refractivity (Wildman–Crippen MR) is 267 cm³/mol. The van der Waals surface area contributed by atoms with Gasteiger partial charge >= 0.3 is 0 Å². The maximum absolute atomic E-state index is 6.55. The second kappa shape index (κ2) is 13.9. The standard InChI is InChI=1S/C61H41NO2/c1-61(2)54-19-8-5-15-48(54)50-18-11-17-46(59(50)61)40-24-31-44(32-25-40)62(43-29-22-38(23-30-43)41-27-34-57-52(36-41)49-16-7-10-21-56(49)63-57)55-20-9-6-13-45(55)42-28-35-58-53(37-42)51-33-26-39-12-3-4-14-47(39)60(51)64-58/h3-37H,1-2H3. The van der Waals surface area contributed by atoms with Gasteiger partial charge in [0.1, 0.15) is 22.3 Å². The van der Waals surface area contributed by atoms with Crippen LogP contribution >= 0.6 is 0 Å². The van der Waals surface area contributed by atoms with Crippen LogP contribution in [-0.2, 0) is 5.41 Å². The molecule has 64 heavy (non-hydrogen) atoms. The van der Waals surface area contributed by atoms with Crippen molar-refractivity contribution in [3.8, 4) is 44.5 Å². The van der Waals surface area contributed by atoms with Gasteiger partial charge in [-0.25, -0.2) is 0 Å². The third-order valence-electron chi connectivity index (χ3n) is 13.7. The summed E-state index contributed by atoms with van der Waals surface area (Å²) in [6, 6.07) is 76.8. The molecule has 0 aliphatic heterocycles. The molecule has 302 valence electrons. The topological polar surface area (TPSA) is 29.5 Å². The molecule has 0 saturated carbocycles. The predicted octanol–water partition coefficient (Wildman–Crippen LogP) is 17.4. The zero-order valence-corrected chi connectivity index (χ0v) is 35.5. The summed E-state index contributed by atoms with van der Waals surface area (Å²) in [5.74, 6) is 0. The van der Waals surface area contributed by atoms with Gasteiger partial charge in [-0.3, -0.25) is 0 Å². The van der Waals surface area contributed by atoms with Crippen molar-refractivity contribution in [3.63, 3.8) is 0 Å². The maximum atomic E-state index is 6.55. The van der Waals surface area contributed by atoms with Crippen molar-refractivity contribution >= 4 is 71.7 Å². The second-order valence-corrected chi connectivity index (χ2v) is 17.6. The van der Waals surface area contributed by atoms with Gasteiger partial charge in [0.05, 0.1) is 5.69 Å². The molecule has 0 fully saturated rings. The minimum atomic E-state index is -0.113. The number of nitrogens with zero attached hydrogens (tertiary/aromatic N) is 1. The molecule has 2 aromatic heterocycles. The number of anilines is 3. The SMILES string of the molecule is CC1(C)c2ccccc2-c2cccc(-c3ccc(N(c4ccc(-c5ccc6oc7ccccc7c6c5)cc4)c4ccccc4-c4ccc5oc6c7ccccc7ccc6c5c4)cc3)c21. The molecule has 10 aromatic carbocycles. The molecular formula is C61H41NO2. The third kappa shape index (κ3) is 5.54. The molecule has 0 bridgehead atoms. The van der Waals surface area contributed by atoms with E-state index in [-0.39, 0.29) is 5.41 Å². The van der Waals surface area contributed by atoms with Crippen LogP contribution in [-0.4, -0.2) is 0 Å². The van der Waals surface area contributed by atoms with Crippen molar-refractivity contribution < 1.29 is 8.83 Å². The molecule has 3 nitrogen and oxygen atoms in total. The number of rotatable bonds is 6. The highest BCUT2D eigenvalue weighted by molar-refractivity contribution is 6.16. The molecule has 2 heterocycles. The zero-order valence-electron chi connectivity index (χ0n) is 35.5.